The highest BCUT2D eigenvalue weighted by atomic mass is 32.3. The van der Waals surface area contributed by atoms with Gasteiger partial charge in [0.15, 0.2) is 23.8 Å². The van der Waals surface area contributed by atoms with E-state index in [9.17, 15) is 16.8 Å². The molecule has 3 atom stereocenters. The first-order chi connectivity index (χ1) is 13.1. The zero-order valence-electron chi connectivity index (χ0n) is 16.0. The van der Waals surface area contributed by atoms with E-state index in [1.807, 2.05) is 6.92 Å². The third-order valence-electron chi connectivity index (χ3n) is 6.86. The van der Waals surface area contributed by atoms with Gasteiger partial charge in [-0.3, -0.25) is 0 Å². The van der Waals surface area contributed by atoms with Gasteiger partial charge in [-0.05, 0) is 61.3 Å². The second kappa shape index (κ2) is 6.04. The molecule has 0 amide bonds. The lowest BCUT2D eigenvalue weighted by molar-refractivity contribution is 0.444. The van der Waals surface area contributed by atoms with Crippen LogP contribution in [0.5, 0.6) is 0 Å². The van der Waals surface area contributed by atoms with Crippen LogP contribution in [-0.2, 0) is 19.7 Å². The lowest BCUT2D eigenvalue weighted by Gasteiger charge is -2.35. The van der Waals surface area contributed by atoms with Gasteiger partial charge in [-0.25, -0.2) is 16.8 Å². The maximum atomic E-state index is 13.9. The number of allylic oxidation sites excluding steroid dienone is 1. The van der Waals surface area contributed by atoms with Crippen molar-refractivity contribution in [1.29, 1.82) is 0 Å². The zero-order valence-corrected chi connectivity index (χ0v) is 17.6. The van der Waals surface area contributed by atoms with Gasteiger partial charge in [0.1, 0.15) is 0 Å². The summed E-state index contributed by atoms with van der Waals surface area (Å²) in [5, 5.41) is 0. The highest BCUT2D eigenvalue weighted by Crippen LogP contribution is 2.75. The van der Waals surface area contributed by atoms with Crippen molar-refractivity contribution in [2.75, 3.05) is 0 Å². The highest BCUT2D eigenvalue weighted by molar-refractivity contribution is 8.10. The Kier molecular flexibility index (Phi) is 4.18. The van der Waals surface area contributed by atoms with Gasteiger partial charge in [-0.15, -0.1) is 0 Å². The zero-order chi connectivity index (χ0) is 20.4. The van der Waals surface area contributed by atoms with Crippen molar-refractivity contribution < 1.29 is 16.8 Å². The average molecular weight is 417 g/mol. The number of hydrogen-bond donors (Lipinski definition) is 0. The van der Waals surface area contributed by atoms with Crippen LogP contribution in [-0.4, -0.2) is 20.9 Å². The van der Waals surface area contributed by atoms with Crippen molar-refractivity contribution in [3.8, 4) is 0 Å². The van der Waals surface area contributed by atoms with E-state index < -0.39 is 35.1 Å². The van der Waals surface area contributed by atoms with Gasteiger partial charge in [0.05, 0.1) is 9.79 Å². The molecule has 0 saturated heterocycles. The molecule has 0 unspecified atom stereocenters. The molecule has 2 aliphatic rings. The predicted molar refractivity (Wildman–Crippen MR) is 109 cm³/mol. The summed E-state index contributed by atoms with van der Waals surface area (Å²) in [6.07, 6.45) is 0.871. The van der Waals surface area contributed by atoms with Crippen molar-refractivity contribution in [3.05, 3.63) is 72.8 Å². The fraction of sp³-hybridized carbons (Fsp3) is 0.364. The predicted octanol–water partition coefficient (Wildman–Crippen LogP) is 4.25. The summed E-state index contributed by atoms with van der Waals surface area (Å²) in [6.45, 7) is 7.73. The molecule has 0 aliphatic heterocycles. The molecule has 148 valence electrons. The molecule has 0 bridgehead atoms. The smallest absolute Gasteiger partial charge is 0.199 e. The molecular weight excluding hydrogens is 392 g/mol. The minimum absolute atomic E-state index is 0.0157. The lowest BCUT2D eigenvalue weighted by atomic mass is 9.96. The van der Waals surface area contributed by atoms with Crippen LogP contribution in [0.3, 0.4) is 0 Å². The first kappa shape index (κ1) is 19.4. The molecule has 0 spiro atoms. The molecule has 2 aromatic rings. The normalized spacial score (nSPS) is 28.5. The second-order valence-corrected chi connectivity index (χ2v) is 12.8. The Hall–Kier alpha value is -1.92. The van der Waals surface area contributed by atoms with Gasteiger partial charge in [0.25, 0.3) is 0 Å². The van der Waals surface area contributed by atoms with Crippen molar-refractivity contribution in [3.63, 3.8) is 0 Å². The SMILES string of the molecule is C=C(C)[C@@]12C[C@@H]1[C@@H](C)C(S(=O)(=O)c1ccccc1)(S(=O)(=O)c1ccccc1)C2. The number of hydrogen-bond acceptors (Lipinski definition) is 4. The van der Waals surface area contributed by atoms with Crippen LogP contribution in [0, 0.1) is 17.3 Å². The Morgan fingerprint density at radius 1 is 0.893 bits per heavy atom. The van der Waals surface area contributed by atoms with Crippen LogP contribution in [0.25, 0.3) is 0 Å². The quantitative estimate of drug-likeness (QED) is 0.683. The summed E-state index contributed by atoms with van der Waals surface area (Å²) in [5.41, 5.74) is 0.459. The van der Waals surface area contributed by atoms with E-state index in [-0.39, 0.29) is 22.1 Å². The van der Waals surface area contributed by atoms with Gasteiger partial charge < -0.3 is 0 Å². The molecule has 2 fully saturated rings. The van der Waals surface area contributed by atoms with Gasteiger partial charge in [-0.2, -0.15) is 0 Å². The summed E-state index contributed by atoms with van der Waals surface area (Å²) in [7, 11) is -8.32. The largest absolute Gasteiger partial charge is 0.222 e. The van der Waals surface area contributed by atoms with E-state index in [2.05, 4.69) is 6.58 Å². The first-order valence-corrected chi connectivity index (χ1v) is 12.3. The molecule has 4 rings (SSSR count). The molecule has 0 radical (unpaired) electrons. The Balaban J connectivity index is 2.01. The van der Waals surface area contributed by atoms with Crippen LogP contribution in [0.15, 0.2) is 82.6 Å². The molecule has 6 heteroatoms. The molecule has 2 aromatic carbocycles. The Labute approximate surface area is 167 Å². The highest BCUT2D eigenvalue weighted by Gasteiger charge is 2.77. The molecule has 4 nitrogen and oxygen atoms in total. The molecule has 2 aliphatic carbocycles. The van der Waals surface area contributed by atoms with Gasteiger partial charge in [0, 0.05) is 0 Å². The molecule has 2 saturated carbocycles. The van der Waals surface area contributed by atoms with Crippen LogP contribution >= 0.6 is 0 Å². The summed E-state index contributed by atoms with van der Waals surface area (Å²) in [4.78, 5) is 0.110. The third-order valence-corrected chi connectivity index (χ3v) is 12.8. The molecule has 28 heavy (non-hydrogen) atoms. The van der Waals surface area contributed by atoms with Gasteiger partial charge in [-0.1, -0.05) is 55.5 Å². The van der Waals surface area contributed by atoms with Crippen LogP contribution in [0.2, 0.25) is 0 Å². The number of sulfone groups is 2. The summed E-state index contributed by atoms with van der Waals surface area (Å²) in [6, 6.07) is 15.9. The second-order valence-electron chi connectivity index (χ2n) is 8.16. The summed E-state index contributed by atoms with van der Waals surface area (Å²) < 4.78 is 53.7. The number of fused-ring (bicyclic) bond motifs is 1. The van der Waals surface area contributed by atoms with E-state index in [0.717, 1.165) is 12.0 Å². The van der Waals surface area contributed by atoms with E-state index in [1.54, 1.807) is 43.3 Å². The molecular formula is C22H24O4S2. The van der Waals surface area contributed by atoms with Gasteiger partial charge >= 0.3 is 0 Å². The summed E-state index contributed by atoms with van der Waals surface area (Å²) in [5.74, 6) is -0.512. The van der Waals surface area contributed by atoms with E-state index >= 15 is 0 Å². The minimum atomic E-state index is -4.16. The third kappa shape index (κ3) is 2.28. The maximum Gasteiger partial charge on any atom is 0.199 e. The standard InChI is InChI=1S/C22H24O4S2/c1-16(2)21-14-20(21)17(3)22(15-21,27(23,24)18-10-6-4-7-11-18)28(25,26)19-12-8-5-9-13-19/h4-13,17,20H,1,14-15H2,2-3H3/t17-,20-,21+/m1/s1. The van der Waals surface area contributed by atoms with Crippen molar-refractivity contribution >= 4 is 19.7 Å². The van der Waals surface area contributed by atoms with E-state index in [1.165, 1.54) is 24.3 Å². The Bertz CT molecular complexity index is 1070. The van der Waals surface area contributed by atoms with E-state index in [0.29, 0.717) is 0 Å². The Morgan fingerprint density at radius 3 is 1.68 bits per heavy atom. The summed E-state index contributed by atoms with van der Waals surface area (Å²) >= 11 is 0. The molecule has 0 aromatic heterocycles. The fourth-order valence-corrected chi connectivity index (χ4v) is 10.9. The fourth-order valence-electron chi connectivity index (χ4n) is 5.16. The monoisotopic (exact) mass is 416 g/mol. The minimum Gasteiger partial charge on any atom is -0.222 e. The topological polar surface area (TPSA) is 68.3 Å². The van der Waals surface area contributed by atoms with Crippen LogP contribution in [0.1, 0.15) is 26.7 Å². The van der Waals surface area contributed by atoms with Crippen molar-refractivity contribution in [2.45, 2.75) is 40.6 Å². The van der Waals surface area contributed by atoms with Crippen molar-refractivity contribution in [2.24, 2.45) is 17.3 Å². The van der Waals surface area contributed by atoms with Crippen LogP contribution < -0.4 is 0 Å². The molecule has 0 N–H and O–H groups in total. The maximum absolute atomic E-state index is 13.9. The van der Waals surface area contributed by atoms with Gasteiger partial charge in [0.2, 0.25) is 0 Å². The van der Waals surface area contributed by atoms with Crippen LogP contribution in [0.4, 0.5) is 0 Å². The Morgan fingerprint density at radius 2 is 1.32 bits per heavy atom. The number of benzene rings is 2. The molecule has 0 heterocycles. The first-order valence-electron chi connectivity index (χ1n) is 9.37. The van der Waals surface area contributed by atoms with Crippen molar-refractivity contribution in [1.82, 2.24) is 0 Å². The van der Waals surface area contributed by atoms with E-state index in [4.69, 9.17) is 0 Å². The number of rotatable bonds is 5. The average Bonchev–Trinajstić information content (AvgIpc) is 3.36. The lowest BCUT2D eigenvalue weighted by Crippen LogP contribution is -2.50.